The Morgan fingerprint density at radius 1 is 1.56 bits per heavy atom. The number of aliphatic hydroxyl groups excluding tert-OH is 2. The Bertz CT molecular complexity index is 580. The maximum absolute atomic E-state index is 11.6. The Kier molecular flexibility index (Phi) is 2.42. The van der Waals surface area contributed by atoms with Crippen molar-refractivity contribution in [3.05, 3.63) is 33.1 Å². The van der Waals surface area contributed by atoms with E-state index < -0.39 is 41.9 Å². The molecule has 2 saturated heterocycles. The number of hydrogen-bond donors (Lipinski definition) is 3. The van der Waals surface area contributed by atoms with Gasteiger partial charge in [0.15, 0.2) is 6.23 Å². The third kappa shape index (κ3) is 1.40. The lowest BCUT2D eigenvalue weighted by Crippen LogP contribution is -2.44. The van der Waals surface area contributed by atoms with E-state index in [2.05, 4.69) is 4.98 Å². The highest BCUT2D eigenvalue weighted by molar-refractivity contribution is 5.07. The van der Waals surface area contributed by atoms with E-state index in [1.807, 2.05) is 0 Å². The van der Waals surface area contributed by atoms with Crippen LogP contribution in [0.25, 0.3) is 0 Å². The molecular weight excluding hydrogens is 244 g/mol. The fourth-order valence-corrected chi connectivity index (χ4v) is 2.38. The Labute approximate surface area is 100 Å². The van der Waals surface area contributed by atoms with E-state index in [1.165, 1.54) is 12.3 Å². The van der Waals surface area contributed by atoms with Crippen molar-refractivity contribution in [3.63, 3.8) is 0 Å². The fraction of sp³-hybridized carbons (Fsp3) is 0.600. The first kappa shape index (κ1) is 11.6. The van der Waals surface area contributed by atoms with Crippen LogP contribution in [0.3, 0.4) is 0 Å². The van der Waals surface area contributed by atoms with Crippen molar-refractivity contribution in [3.8, 4) is 0 Å². The molecule has 0 aliphatic carbocycles. The topological polar surface area (TPSA) is 114 Å². The largest absolute Gasteiger partial charge is 0.393 e. The number of aromatic amines is 1. The SMILES string of the molecule is O=c1ccn([C@@H]2O[C@@]3(CO)CO[C@H]2C3O)c(=O)[nH]1. The van der Waals surface area contributed by atoms with Gasteiger partial charge in [0, 0.05) is 12.3 Å². The summed E-state index contributed by atoms with van der Waals surface area (Å²) in [5, 5.41) is 19.2. The number of aromatic nitrogens is 2. The number of ether oxygens (including phenoxy) is 2. The number of rotatable bonds is 2. The Balaban J connectivity index is 2.01. The van der Waals surface area contributed by atoms with Gasteiger partial charge in [-0.25, -0.2) is 4.79 Å². The van der Waals surface area contributed by atoms with Crippen molar-refractivity contribution >= 4 is 0 Å². The predicted octanol–water partition coefficient (Wildman–Crippen LogP) is -2.44. The minimum Gasteiger partial charge on any atom is -0.393 e. The summed E-state index contributed by atoms with van der Waals surface area (Å²) in [5.74, 6) is 0. The number of hydrogen-bond acceptors (Lipinski definition) is 6. The summed E-state index contributed by atoms with van der Waals surface area (Å²) >= 11 is 0. The Morgan fingerprint density at radius 2 is 2.33 bits per heavy atom. The van der Waals surface area contributed by atoms with Crippen LogP contribution >= 0.6 is 0 Å². The highest BCUT2D eigenvalue weighted by atomic mass is 16.7. The van der Waals surface area contributed by atoms with E-state index in [-0.39, 0.29) is 6.61 Å². The van der Waals surface area contributed by atoms with Crippen LogP contribution in [0.15, 0.2) is 21.9 Å². The molecule has 8 heteroatoms. The van der Waals surface area contributed by atoms with Crippen molar-refractivity contribution < 1.29 is 19.7 Å². The standard InChI is InChI=1S/C10H12N2O6/c13-3-10-4-17-6(7(10)15)8(18-10)12-2-1-5(14)11-9(12)16/h1-2,6-8,13,15H,3-4H2,(H,11,14,16)/t6-,7?,8+,10-/m0/s1. The summed E-state index contributed by atoms with van der Waals surface area (Å²) in [6.07, 6.45) is -1.33. The lowest BCUT2D eigenvalue weighted by Gasteiger charge is -2.29. The fourth-order valence-electron chi connectivity index (χ4n) is 2.38. The third-order valence-electron chi connectivity index (χ3n) is 3.40. The first-order valence-electron chi connectivity index (χ1n) is 5.47. The molecule has 3 heterocycles. The van der Waals surface area contributed by atoms with Crippen LogP contribution in [0.5, 0.6) is 0 Å². The van der Waals surface area contributed by atoms with Crippen LogP contribution < -0.4 is 11.2 Å². The van der Waals surface area contributed by atoms with Crippen LogP contribution in [0.4, 0.5) is 0 Å². The second kappa shape index (κ2) is 3.75. The zero-order valence-corrected chi connectivity index (χ0v) is 9.28. The molecule has 1 aromatic heterocycles. The van der Waals surface area contributed by atoms with Crippen molar-refractivity contribution in [2.24, 2.45) is 0 Å². The summed E-state index contributed by atoms with van der Waals surface area (Å²) in [7, 11) is 0. The van der Waals surface area contributed by atoms with Crippen LogP contribution in [-0.4, -0.2) is 50.8 Å². The molecule has 98 valence electrons. The average Bonchev–Trinajstić information content (AvgIpc) is 2.81. The maximum Gasteiger partial charge on any atom is 0.330 e. The van der Waals surface area contributed by atoms with Gasteiger partial charge in [-0.05, 0) is 0 Å². The molecule has 2 aliphatic heterocycles. The molecule has 2 fully saturated rings. The molecule has 18 heavy (non-hydrogen) atoms. The van der Waals surface area contributed by atoms with Gasteiger partial charge in [-0.1, -0.05) is 0 Å². The van der Waals surface area contributed by atoms with Gasteiger partial charge in [-0.2, -0.15) is 0 Å². The van der Waals surface area contributed by atoms with Gasteiger partial charge in [0.05, 0.1) is 13.2 Å². The molecule has 3 N–H and O–H groups in total. The third-order valence-corrected chi connectivity index (χ3v) is 3.40. The number of nitrogens with one attached hydrogen (secondary N) is 1. The summed E-state index contributed by atoms with van der Waals surface area (Å²) < 4.78 is 12.0. The van der Waals surface area contributed by atoms with Gasteiger partial charge in [0.25, 0.3) is 5.56 Å². The lowest BCUT2D eigenvalue weighted by molar-refractivity contribution is -0.187. The molecule has 1 unspecified atom stereocenters. The molecular formula is C10H12N2O6. The summed E-state index contributed by atoms with van der Waals surface area (Å²) in [6, 6.07) is 1.18. The zero-order valence-electron chi connectivity index (χ0n) is 9.28. The minimum atomic E-state index is -1.19. The van der Waals surface area contributed by atoms with Crippen molar-refractivity contribution in [1.82, 2.24) is 9.55 Å². The molecule has 0 spiro atoms. The van der Waals surface area contributed by atoms with Gasteiger partial charge in [0.1, 0.15) is 17.8 Å². The Hall–Kier alpha value is -1.48. The molecule has 2 bridgehead atoms. The summed E-state index contributed by atoms with van der Waals surface area (Å²) in [5.41, 5.74) is -2.35. The molecule has 0 saturated carbocycles. The van der Waals surface area contributed by atoms with Crippen LogP contribution in [0, 0.1) is 0 Å². The van der Waals surface area contributed by atoms with Gasteiger partial charge in [-0.15, -0.1) is 0 Å². The average molecular weight is 256 g/mol. The van der Waals surface area contributed by atoms with Crippen molar-refractivity contribution in [2.45, 2.75) is 24.0 Å². The summed E-state index contributed by atoms with van der Waals surface area (Å²) in [4.78, 5) is 24.7. The van der Waals surface area contributed by atoms with E-state index in [9.17, 15) is 19.8 Å². The maximum atomic E-state index is 11.6. The molecule has 4 atom stereocenters. The van der Waals surface area contributed by atoms with E-state index in [0.717, 1.165) is 4.57 Å². The van der Waals surface area contributed by atoms with Crippen molar-refractivity contribution in [2.75, 3.05) is 13.2 Å². The number of aliphatic hydroxyl groups is 2. The van der Waals surface area contributed by atoms with Crippen LogP contribution in [0.2, 0.25) is 0 Å². The number of nitrogens with zero attached hydrogens (tertiary/aromatic N) is 1. The molecule has 2 aliphatic rings. The molecule has 0 aromatic carbocycles. The first-order valence-corrected chi connectivity index (χ1v) is 5.47. The second-order valence-electron chi connectivity index (χ2n) is 4.47. The molecule has 0 amide bonds. The highest BCUT2D eigenvalue weighted by Crippen LogP contribution is 2.43. The Morgan fingerprint density at radius 3 is 2.94 bits per heavy atom. The van der Waals surface area contributed by atoms with E-state index in [1.54, 1.807) is 0 Å². The second-order valence-corrected chi connectivity index (χ2v) is 4.47. The van der Waals surface area contributed by atoms with Gasteiger partial charge >= 0.3 is 5.69 Å². The smallest absolute Gasteiger partial charge is 0.330 e. The predicted molar refractivity (Wildman–Crippen MR) is 57.0 cm³/mol. The molecule has 8 nitrogen and oxygen atoms in total. The van der Waals surface area contributed by atoms with E-state index in [0.29, 0.717) is 0 Å². The van der Waals surface area contributed by atoms with Gasteiger partial charge < -0.3 is 19.7 Å². The lowest BCUT2D eigenvalue weighted by atomic mass is 10.0. The number of fused-ring (bicyclic) bond motifs is 2. The van der Waals surface area contributed by atoms with Crippen LogP contribution in [-0.2, 0) is 9.47 Å². The minimum absolute atomic E-state index is 0.0734. The van der Waals surface area contributed by atoms with Crippen LogP contribution in [0.1, 0.15) is 6.23 Å². The normalized spacial score (nSPS) is 38.2. The molecule has 3 rings (SSSR count). The van der Waals surface area contributed by atoms with Crippen molar-refractivity contribution in [1.29, 1.82) is 0 Å². The monoisotopic (exact) mass is 256 g/mol. The first-order chi connectivity index (χ1) is 8.57. The van der Waals surface area contributed by atoms with E-state index in [4.69, 9.17) is 9.47 Å². The summed E-state index contributed by atoms with van der Waals surface area (Å²) in [6.45, 7) is -0.330. The highest BCUT2D eigenvalue weighted by Gasteiger charge is 2.61. The zero-order chi connectivity index (χ0) is 12.9. The number of H-pyrrole nitrogens is 1. The van der Waals surface area contributed by atoms with Gasteiger partial charge in [-0.3, -0.25) is 14.3 Å². The molecule has 0 radical (unpaired) electrons. The quantitative estimate of drug-likeness (QED) is 0.541. The molecule has 1 aromatic rings. The van der Waals surface area contributed by atoms with Gasteiger partial charge in [0.2, 0.25) is 0 Å². The van der Waals surface area contributed by atoms with E-state index >= 15 is 0 Å².